The molecule has 0 aromatic carbocycles. The molecule has 2 rings (SSSR count). The van der Waals surface area contributed by atoms with E-state index in [1.807, 2.05) is 0 Å². The van der Waals surface area contributed by atoms with E-state index in [4.69, 9.17) is 5.11 Å². The summed E-state index contributed by atoms with van der Waals surface area (Å²) in [5.41, 5.74) is -0.000497. The van der Waals surface area contributed by atoms with Crippen molar-refractivity contribution in [2.24, 2.45) is 18.9 Å². The van der Waals surface area contributed by atoms with Crippen LogP contribution in [0.1, 0.15) is 10.5 Å². The van der Waals surface area contributed by atoms with Crippen molar-refractivity contribution in [2.45, 2.75) is 6.18 Å². The first-order valence-corrected chi connectivity index (χ1v) is 5.77. The average molecular weight is 291 g/mol. The second kappa shape index (κ2) is 4.80. The Labute approximate surface area is 111 Å². The molecule has 0 spiro atoms. The highest BCUT2D eigenvalue weighted by atomic mass is 19.4. The maximum absolute atomic E-state index is 12.8. The zero-order valence-corrected chi connectivity index (χ0v) is 10.5. The van der Waals surface area contributed by atoms with Crippen molar-refractivity contribution in [1.82, 2.24) is 14.5 Å². The molecule has 0 aliphatic carbocycles. The third kappa shape index (κ3) is 2.61. The number of amides is 1. The SMILES string of the molecule is Cn1cnc(C(=O)N2C[C@@H](C(F)(F)F)[C@H](C(=O)O)C2)c1. The number of nitrogens with zero attached hydrogens (tertiary/aromatic N) is 3. The molecule has 0 saturated carbocycles. The number of carboxylic acids is 1. The van der Waals surface area contributed by atoms with Crippen molar-refractivity contribution in [2.75, 3.05) is 13.1 Å². The second-order valence-corrected chi connectivity index (χ2v) is 4.73. The Morgan fingerprint density at radius 1 is 1.40 bits per heavy atom. The molecule has 1 aliphatic rings. The topological polar surface area (TPSA) is 75.4 Å². The second-order valence-electron chi connectivity index (χ2n) is 4.73. The van der Waals surface area contributed by atoms with Gasteiger partial charge in [-0.2, -0.15) is 13.2 Å². The number of alkyl halides is 3. The van der Waals surface area contributed by atoms with Crippen molar-refractivity contribution < 1.29 is 27.9 Å². The van der Waals surface area contributed by atoms with E-state index in [1.165, 1.54) is 17.1 Å². The van der Waals surface area contributed by atoms with Crippen molar-refractivity contribution in [1.29, 1.82) is 0 Å². The Morgan fingerprint density at radius 2 is 2.05 bits per heavy atom. The number of aromatic nitrogens is 2. The molecule has 2 heterocycles. The molecule has 1 N–H and O–H groups in total. The van der Waals surface area contributed by atoms with E-state index in [0.29, 0.717) is 0 Å². The number of carboxylic acid groups (broad SMARTS) is 1. The fourth-order valence-corrected chi connectivity index (χ4v) is 2.24. The highest BCUT2D eigenvalue weighted by molar-refractivity contribution is 5.92. The Kier molecular flexibility index (Phi) is 3.45. The van der Waals surface area contributed by atoms with Gasteiger partial charge in [-0.15, -0.1) is 0 Å². The first-order valence-electron chi connectivity index (χ1n) is 5.77. The van der Waals surface area contributed by atoms with Crippen LogP contribution in [0.15, 0.2) is 12.5 Å². The van der Waals surface area contributed by atoms with Gasteiger partial charge in [0, 0.05) is 26.3 Å². The molecule has 1 amide bonds. The summed E-state index contributed by atoms with van der Waals surface area (Å²) in [5.74, 6) is -5.93. The van der Waals surface area contributed by atoms with Gasteiger partial charge in [0.25, 0.3) is 5.91 Å². The molecule has 20 heavy (non-hydrogen) atoms. The molecule has 2 atom stereocenters. The van der Waals surface area contributed by atoms with Gasteiger partial charge in [-0.1, -0.05) is 0 Å². The van der Waals surface area contributed by atoms with E-state index in [0.717, 1.165) is 4.90 Å². The molecular weight excluding hydrogens is 279 g/mol. The summed E-state index contributed by atoms with van der Waals surface area (Å²) in [5, 5.41) is 8.86. The molecule has 0 unspecified atom stereocenters. The van der Waals surface area contributed by atoms with Crippen LogP contribution in [0.2, 0.25) is 0 Å². The summed E-state index contributed by atoms with van der Waals surface area (Å²) in [6, 6.07) is 0. The van der Waals surface area contributed by atoms with Gasteiger partial charge >= 0.3 is 12.1 Å². The van der Waals surface area contributed by atoms with Gasteiger partial charge in [-0.3, -0.25) is 9.59 Å². The summed E-state index contributed by atoms with van der Waals surface area (Å²) < 4.78 is 39.9. The van der Waals surface area contributed by atoms with Gasteiger partial charge in [-0.05, 0) is 0 Å². The molecule has 0 radical (unpaired) electrons. The first-order chi connectivity index (χ1) is 9.20. The summed E-state index contributed by atoms with van der Waals surface area (Å²) in [4.78, 5) is 27.5. The fourth-order valence-electron chi connectivity index (χ4n) is 2.24. The molecule has 1 aromatic heterocycles. The number of likely N-dealkylation sites (tertiary alicyclic amines) is 1. The van der Waals surface area contributed by atoms with Gasteiger partial charge in [0.15, 0.2) is 0 Å². The van der Waals surface area contributed by atoms with Crippen LogP contribution in [0.25, 0.3) is 0 Å². The highest BCUT2D eigenvalue weighted by Crippen LogP contribution is 2.38. The van der Waals surface area contributed by atoms with E-state index in [2.05, 4.69) is 4.98 Å². The molecule has 9 heteroatoms. The Morgan fingerprint density at radius 3 is 2.45 bits per heavy atom. The van der Waals surface area contributed by atoms with E-state index in [-0.39, 0.29) is 5.69 Å². The quantitative estimate of drug-likeness (QED) is 0.872. The maximum atomic E-state index is 12.8. The Bertz CT molecular complexity index is 541. The van der Waals surface area contributed by atoms with Crippen LogP contribution in [0.4, 0.5) is 13.2 Å². The first kappa shape index (κ1) is 14.4. The average Bonchev–Trinajstić information content (AvgIpc) is 2.93. The van der Waals surface area contributed by atoms with Gasteiger partial charge < -0.3 is 14.6 Å². The summed E-state index contributed by atoms with van der Waals surface area (Å²) in [7, 11) is 1.62. The Hall–Kier alpha value is -2.06. The number of aryl methyl sites for hydroxylation is 1. The van der Waals surface area contributed by atoms with Crippen molar-refractivity contribution in [3.8, 4) is 0 Å². The zero-order chi connectivity index (χ0) is 15.1. The number of halogens is 3. The minimum absolute atomic E-state index is 0.000497. The van der Waals surface area contributed by atoms with E-state index in [1.54, 1.807) is 7.05 Å². The molecular formula is C11H12F3N3O3. The number of aliphatic carboxylic acids is 1. The molecule has 1 aliphatic heterocycles. The number of imidazole rings is 1. The van der Waals surface area contributed by atoms with Crippen LogP contribution < -0.4 is 0 Å². The van der Waals surface area contributed by atoms with Crippen LogP contribution in [-0.2, 0) is 11.8 Å². The third-order valence-electron chi connectivity index (χ3n) is 3.27. The van der Waals surface area contributed by atoms with Crippen molar-refractivity contribution in [3.05, 3.63) is 18.2 Å². The van der Waals surface area contributed by atoms with Gasteiger partial charge in [-0.25, -0.2) is 4.98 Å². The summed E-state index contributed by atoms with van der Waals surface area (Å²) in [6.45, 7) is -1.12. The number of hydrogen-bond acceptors (Lipinski definition) is 3. The zero-order valence-electron chi connectivity index (χ0n) is 10.5. The summed E-state index contributed by atoms with van der Waals surface area (Å²) in [6.07, 6.45) is -1.93. The van der Waals surface area contributed by atoms with Gasteiger partial charge in [0.1, 0.15) is 5.69 Å². The van der Waals surface area contributed by atoms with Crippen LogP contribution in [0, 0.1) is 11.8 Å². The van der Waals surface area contributed by atoms with Crippen molar-refractivity contribution in [3.63, 3.8) is 0 Å². The standard InChI is InChI=1S/C11H12F3N3O3/c1-16-4-8(15-5-16)9(18)17-2-6(10(19)20)7(3-17)11(12,13)14/h4-7H,2-3H2,1H3,(H,19,20)/t6-,7-/m1/s1. The lowest BCUT2D eigenvalue weighted by molar-refractivity contribution is -0.187. The fraction of sp³-hybridized carbons (Fsp3) is 0.545. The lowest BCUT2D eigenvalue weighted by Gasteiger charge is -2.17. The number of hydrogen-bond donors (Lipinski definition) is 1. The van der Waals surface area contributed by atoms with Crippen LogP contribution in [0.3, 0.4) is 0 Å². The predicted molar refractivity (Wildman–Crippen MR) is 59.8 cm³/mol. The van der Waals surface area contributed by atoms with Gasteiger partial charge in [0.2, 0.25) is 0 Å². The smallest absolute Gasteiger partial charge is 0.394 e. The highest BCUT2D eigenvalue weighted by Gasteiger charge is 2.53. The van der Waals surface area contributed by atoms with Crippen LogP contribution in [-0.4, -0.2) is 50.7 Å². The lowest BCUT2D eigenvalue weighted by atomic mass is 9.96. The minimum Gasteiger partial charge on any atom is -0.481 e. The normalized spacial score (nSPS) is 23.1. The minimum atomic E-state index is -4.65. The molecule has 1 fully saturated rings. The molecule has 0 bridgehead atoms. The van der Waals surface area contributed by atoms with Crippen LogP contribution >= 0.6 is 0 Å². The number of carbonyl (C=O) groups is 2. The van der Waals surface area contributed by atoms with Gasteiger partial charge in [0.05, 0.1) is 18.2 Å². The van der Waals surface area contributed by atoms with E-state index < -0.39 is 43.0 Å². The van der Waals surface area contributed by atoms with E-state index >= 15 is 0 Å². The maximum Gasteiger partial charge on any atom is 0.394 e. The summed E-state index contributed by atoms with van der Waals surface area (Å²) >= 11 is 0. The van der Waals surface area contributed by atoms with E-state index in [9.17, 15) is 22.8 Å². The largest absolute Gasteiger partial charge is 0.481 e. The molecule has 1 saturated heterocycles. The lowest BCUT2D eigenvalue weighted by Crippen LogP contribution is -2.34. The Balaban J connectivity index is 2.20. The number of carbonyl (C=O) groups excluding carboxylic acids is 1. The van der Waals surface area contributed by atoms with Crippen LogP contribution in [0.5, 0.6) is 0 Å². The predicted octanol–water partition coefficient (Wildman–Crippen LogP) is 0.755. The molecule has 6 nitrogen and oxygen atoms in total. The molecule has 1 aromatic rings. The number of rotatable bonds is 2. The van der Waals surface area contributed by atoms with Crippen molar-refractivity contribution >= 4 is 11.9 Å². The third-order valence-corrected chi connectivity index (χ3v) is 3.27. The molecule has 110 valence electrons. The monoisotopic (exact) mass is 291 g/mol.